The molecule has 1 saturated carbocycles. The third-order valence-corrected chi connectivity index (χ3v) is 2.99. The van der Waals surface area contributed by atoms with Crippen molar-refractivity contribution >= 4 is 5.97 Å². The van der Waals surface area contributed by atoms with Gasteiger partial charge in [0.05, 0.1) is 12.5 Å². The lowest BCUT2D eigenvalue weighted by atomic mass is 9.78. The van der Waals surface area contributed by atoms with Crippen LogP contribution in [-0.2, 0) is 9.53 Å². The smallest absolute Gasteiger partial charge is 0.309 e. The molecule has 0 aromatic carbocycles. The van der Waals surface area contributed by atoms with Crippen molar-refractivity contribution in [2.45, 2.75) is 39.2 Å². The summed E-state index contributed by atoms with van der Waals surface area (Å²) in [6, 6.07) is 0.357. The van der Waals surface area contributed by atoms with E-state index >= 15 is 0 Å². The molecule has 82 valence electrons. The van der Waals surface area contributed by atoms with Crippen molar-refractivity contribution in [3.63, 3.8) is 0 Å². The monoisotopic (exact) mass is 200 g/mol. The predicted molar refractivity (Wildman–Crippen MR) is 54.2 cm³/mol. The average molecular weight is 200 g/mol. The molecule has 1 fully saturated rings. The normalized spacial score (nSPS) is 32.6. The van der Waals surface area contributed by atoms with Crippen molar-refractivity contribution in [3.05, 3.63) is 0 Å². The molecule has 0 saturated heterocycles. The molecule has 1 rings (SSSR count). The molecule has 3 atom stereocenters. The van der Waals surface area contributed by atoms with Crippen LogP contribution in [0.25, 0.3) is 0 Å². The summed E-state index contributed by atoms with van der Waals surface area (Å²) < 4.78 is 5.03. The Morgan fingerprint density at radius 3 is 2.79 bits per heavy atom. The Hall–Kier alpha value is -0.610. The average Bonchev–Trinajstić information content (AvgIpc) is 2.17. The van der Waals surface area contributed by atoms with Gasteiger partial charge in [-0.15, -0.1) is 0 Å². The van der Waals surface area contributed by atoms with Crippen LogP contribution in [0.4, 0.5) is 0 Å². The largest absolute Gasteiger partial charge is 0.466 e. The van der Waals surface area contributed by atoms with Crippen LogP contribution in [0.2, 0.25) is 0 Å². The fraction of sp³-hybridized carbons (Fsp3) is 0.900. The van der Waals surface area contributed by atoms with Crippen molar-refractivity contribution in [2.24, 2.45) is 17.7 Å². The fourth-order valence-electron chi connectivity index (χ4n) is 2.15. The van der Waals surface area contributed by atoms with E-state index in [1.807, 2.05) is 6.92 Å². The summed E-state index contributed by atoms with van der Waals surface area (Å²) in [6.45, 7) is 4.40. The maximum atomic E-state index is 11.5. The van der Waals surface area contributed by atoms with Gasteiger partial charge in [-0.3, -0.25) is 16.1 Å². The molecule has 0 spiro atoms. The summed E-state index contributed by atoms with van der Waals surface area (Å²) in [7, 11) is 0. The molecule has 0 aromatic rings. The van der Waals surface area contributed by atoms with Crippen LogP contribution in [0.15, 0.2) is 0 Å². The van der Waals surface area contributed by atoms with E-state index in [0.29, 0.717) is 18.6 Å². The van der Waals surface area contributed by atoms with Crippen molar-refractivity contribution in [1.29, 1.82) is 0 Å². The van der Waals surface area contributed by atoms with E-state index < -0.39 is 0 Å². The van der Waals surface area contributed by atoms with E-state index in [1.54, 1.807) is 0 Å². The van der Waals surface area contributed by atoms with Crippen molar-refractivity contribution in [1.82, 2.24) is 5.43 Å². The zero-order valence-electron chi connectivity index (χ0n) is 8.95. The minimum Gasteiger partial charge on any atom is -0.466 e. The van der Waals surface area contributed by atoms with E-state index in [1.165, 1.54) is 0 Å². The third kappa shape index (κ3) is 2.69. The van der Waals surface area contributed by atoms with Gasteiger partial charge >= 0.3 is 5.97 Å². The number of carbonyl (C=O) groups excluding carboxylic acids is 1. The Balaban J connectivity index is 2.45. The van der Waals surface area contributed by atoms with Crippen molar-refractivity contribution < 1.29 is 9.53 Å². The van der Waals surface area contributed by atoms with Crippen molar-refractivity contribution in [2.75, 3.05) is 6.61 Å². The van der Waals surface area contributed by atoms with Gasteiger partial charge in [-0.05, 0) is 32.1 Å². The Morgan fingerprint density at radius 2 is 2.29 bits per heavy atom. The summed E-state index contributed by atoms with van der Waals surface area (Å²) in [5.74, 6) is 5.77. The minimum atomic E-state index is -0.0459. The molecule has 0 amide bonds. The molecular weight excluding hydrogens is 180 g/mol. The van der Waals surface area contributed by atoms with Crippen LogP contribution >= 0.6 is 0 Å². The lowest BCUT2D eigenvalue weighted by Gasteiger charge is -2.32. The Bertz CT molecular complexity index is 197. The first-order valence-electron chi connectivity index (χ1n) is 5.31. The summed E-state index contributed by atoms with van der Waals surface area (Å²) in [5.41, 5.74) is 2.77. The van der Waals surface area contributed by atoms with Crippen molar-refractivity contribution in [3.8, 4) is 0 Å². The van der Waals surface area contributed by atoms with Gasteiger partial charge in [0.15, 0.2) is 0 Å². The zero-order chi connectivity index (χ0) is 10.6. The first-order valence-corrected chi connectivity index (χ1v) is 5.31. The number of nitrogens with two attached hydrogens (primary N) is 1. The molecule has 3 N–H and O–H groups in total. The van der Waals surface area contributed by atoms with Gasteiger partial charge in [-0.2, -0.15) is 0 Å². The van der Waals surface area contributed by atoms with E-state index in [4.69, 9.17) is 10.6 Å². The van der Waals surface area contributed by atoms with Crippen LogP contribution in [0.5, 0.6) is 0 Å². The fourth-order valence-corrected chi connectivity index (χ4v) is 2.15. The van der Waals surface area contributed by atoms with Gasteiger partial charge in [0, 0.05) is 6.04 Å². The summed E-state index contributed by atoms with van der Waals surface area (Å²) in [5, 5.41) is 0. The Morgan fingerprint density at radius 1 is 1.57 bits per heavy atom. The first-order chi connectivity index (χ1) is 6.69. The quantitative estimate of drug-likeness (QED) is 0.402. The lowest BCUT2D eigenvalue weighted by molar-refractivity contribution is -0.151. The number of hydrogen-bond donors (Lipinski definition) is 2. The second-order valence-corrected chi connectivity index (χ2v) is 4.01. The number of esters is 1. The van der Waals surface area contributed by atoms with Crippen LogP contribution in [-0.4, -0.2) is 18.6 Å². The number of rotatable bonds is 3. The van der Waals surface area contributed by atoms with E-state index in [0.717, 1.165) is 19.3 Å². The Kier molecular flexibility index (Phi) is 4.35. The summed E-state index contributed by atoms with van der Waals surface area (Å²) in [6.07, 6.45) is 2.80. The maximum Gasteiger partial charge on any atom is 0.309 e. The molecular formula is C10H20N2O2. The van der Waals surface area contributed by atoms with Crippen LogP contribution in [0, 0.1) is 11.8 Å². The number of carbonyl (C=O) groups is 1. The highest BCUT2D eigenvalue weighted by atomic mass is 16.5. The number of nitrogens with one attached hydrogen (secondary N) is 1. The predicted octanol–water partition coefficient (Wildman–Crippen LogP) is 0.818. The molecule has 4 heteroatoms. The van der Waals surface area contributed by atoms with E-state index in [9.17, 15) is 4.79 Å². The van der Waals surface area contributed by atoms with E-state index in [2.05, 4.69) is 12.3 Å². The standard InChI is InChI=1S/C10H20N2O2/c1-3-14-10(13)9-5-4-8(12-11)6-7(9)2/h7-9,12H,3-6,11H2,1-2H3/t7-,8-,9-/m0/s1. The van der Waals surface area contributed by atoms with Gasteiger partial charge in [0.1, 0.15) is 0 Å². The number of hydrogen-bond acceptors (Lipinski definition) is 4. The van der Waals surface area contributed by atoms with E-state index in [-0.39, 0.29) is 11.9 Å². The Labute approximate surface area is 85.2 Å². The SMILES string of the molecule is CCOC(=O)[C@H]1CC[C@H](NN)C[C@@H]1C. The second-order valence-electron chi connectivity index (χ2n) is 4.01. The molecule has 0 heterocycles. The van der Waals surface area contributed by atoms with Gasteiger partial charge in [-0.1, -0.05) is 6.92 Å². The number of hydrazine groups is 1. The third-order valence-electron chi connectivity index (χ3n) is 2.99. The number of ether oxygens (including phenoxy) is 1. The second kappa shape index (κ2) is 5.32. The van der Waals surface area contributed by atoms with Gasteiger partial charge < -0.3 is 4.74 Å². The molecule has 0 radical (unpaired) electrons. The molecule has 1 aliphatic rings. The topological polar surface area (TPSA) is 64.3 Å². The molecule has 14 heavy (non-hydrogen) atoms. The van der Waals surface area contributed by atoms with Crippen LogP contribution in [0.1, 0.15) is 33.1 Å². The minimum absolute atomic E-state index is 0.0459. The summed E-state index contributed by atoms with van der Waals surface area (Å²) in [4.78, 5) is 11.5. The molecule has 0 unspecified atom stereocenters. The van der Waals surface area contributed by atoms with Gasteiger partial charge in [0.25, 0.3) is 0 Å². The first kappa shape index (κ1) is 11.5. The van der Waals surface area contributed by atoms with Gasteiger partial charge in [0.2, 0.25) is 0 Å². The highest BCUT2D eigenvalue weighted by Crippen LogP contribution is 2.30. The highest BCUT2D eigenvalue weighted by Gasteiger charge is 2.32. The maximum absolute atomic E-state index is 11.5. The van der Waals surface area contributed by atoms with Crippen LogP contribution in [0.3, 0.4) is 0 Å². The molecule has 0 aromatic heterocycles. The summed E-state index contributed by atoms with van der Waals surface area (Å²) >= 11 is 0. The molecule has 0 aliphatic heterocycles. The zero-order valence-corrected chi connectivity index (χ0v) is 8.95. The molecule has 1 aliphatic carbocycles. The van der Waals surface area contributed by atoms with Gasteiger partial charge in [-0.25, -0.2) is 0 Å². The van der Waals surface area contributed by atoms with Crippen LogP contribution < -0.4 is 11.3 Å². The lowest BCUT2D eigenvalue weighted by Crippen LogP contribution is -2.42. The highest BCUT2D eigenvalue weighted by molar-refractivity contribution is 5.72. The molecule has 4 nitrogen and oxygen atoms in total. The molecule has 0 bridgehead atoms.